The predicted octanol–water partition coefficient (Wildman–Crippen LogP) is 2.15. The van der Waals surface area contributed by atoms with E-state index >= 15 is 0 Å². The van der Waals surface area contributed by atoms with Gasteiger partial charge in [-0.05, 0) is 50.3 Å². The Morgan fingerprint density at radius 3 is 2.58 bits per heavy atom. The molecule has 2 heterocycles. The van der Waals surface area contributed by atoms with Crippen molar-refractivity contribution in [2.24, 2.45) is 5.73 Å². The van der Waals surface area contributed by atoms with Crippen molar-refractivity contribution in [3.8, 4) is 0 Å². The number of carbonyl (C=O) groups is 2. The first kappa shape index (κ1) is 17.0. The summed E-state index contributed by atoms with van der Waals surface area (Å²) in [4.78, 5) is 28.4. The molecule has 0 aliphatic carbocycles. The summed E-state index contributed by atoms with van der Waals surface area (Å²) in [5.74, 6) is 0.295. The largest absolute Gasteiger partial charge is 0.338 e. The minimum Gasteiger partial charge on any atom is -0.338 e. The van der Waals surface area contributed by atoms with E-state index in [1.165, 1.54) is 0 Å². The second-order valence-corrected chi connectivity index (χ2v) is 7.04. The average molecular weight is 329 g/mol. The highest BCUT2D eigenvalue weighted by atomic mass is 16.2. The molecule has 2 N–H and O–H groups in total. The van der Waals surface area contributed by atoms with Gasteiger partial charge >= 0.3 is 0 Å². The van der Waals surface area contributed by atoms with Gasteiger partial charge in [-0.1, -0.05) is 12.1 Å². The van der Waals surface area contributed by atoms with Crippen LogP contribution in [0.3, 0.4) is 0 Å². The van der Waals surface area contributed by atoms with Gasteiger partial charge in [0, 0.05) is 43.7 Å². The normalized spacial score (nSPS) is 22.8. The molecule has 1 aromatic carbocycles. The number of nitrogens with zero attached hydrogens (tertiary/aromatic N) is 2. The quantitative estimate of drug-likeness (QED) is 0.920. The van der Waals surface area contributed by atoms with Crippen LogP contribution in [0, 0.1) is 0 Å². The maximum Gasteiger partial charge on any atom is 0.254 e. The molecule has 5 heteroatoms. The number of hydrogen-bond acceptors (Lipinski definition) is 3. The Morgan fingerprint density at radius 1 is 1.21 bits per heavy atom. The van der Waals surface area contributed by atoms with Gasteiger partial charge in [0.25, 0.3) is 5.91 Å². The zero-order chi connectivity index (χ0) is 17.1. The summed E-state index contributed by atoms with van der Waals surface area (Å²) in [5, 5.41) is 0. The molecule has 0 unspecified atom stereocenters. The monoisotopic (exact) mass is 329 g/mol. The van der Waals surface area contributed by atoms with Crippen molar-refractivity contribution in [3.63, 3.8) is 0 Å². The second-order valence-electron chi connectivity index (χ2n) is 7.04. The lowest BCUT2D eigenvalue weighted by atomic mass is 9.96. The smallest absolute Gasteiger partial charge is 0.254 e. The number of rotatable bonds is 4. The molecule has 24 heavy (non-hydrogen) atoms. The van der Waals surface area contributed by atoms with Crippen LogP contribution in [0.2, 0.25) is 0 Å². The summed E-state index contributed by atoms with van der Waals surface area (Å²) in [5.41, 5.74) is 7.85. The fraction of sp³-hybridized carbons (Fsp3) is 0.579. The lowest BCUT2D eigenvalue weighted by Gasteiger charge is -2.38. The van der Waals surface area contributed by atoms with Crippen molar-refractivity contribution >= 4 is 11.8 Å². The van der Waals surface area contributed by atoms with Crippen molar-refractivity contribution < 1.29 is 9.59 Å². The van der Waals surface area contributed by atoms with Gasteiger partial charge in [0.05, 0.1) is 0 Å². The number of benzene rings is 1. The molecule has 2 fully saturated rings. The first-order valence-corrected chi connectivity index (χ1v) is 8.99. The first-order chi connectivity index (χ1) is 11.6. The van der Waals surface area contributed by atoms with Gasteiger partial charge in [0.2, 0.25) is 5.91 Å². The van der Waals surface area contributed by atoms with Gasteiger partial charge < -0.3 is 15.5 Å². The van der Waals surface area contributed by atoms with Crippen LogP contribution in [0.1, 0.15) is 54.9 Å². The van der Waals surface area contributed by atoms with Crippen molar-refractivity contribution in [1.29, 1.82) is 0 Å². The molecule has 2 saturated heterocycles. The highest BCUT2D eigenvalue weighted by molar-refractivity contribution is 5.94. The molecule has 1 aromatic rings. The van der Waals surface area contributed by atoms with E-state index in [0.29, 0.717) is 18.5 Å². The molecule has 0 bridgehead atoms. The lowest BCUT2D eigenvalue weighted by Crippen LogP contribution is -2.51. The van der Waals surface area contributed by atoms with Crippen LogP contribution in [0.5, 0.6) is 0 Å². The van der Waals surface area contributed by atoms with E-state index < -0.39 is 0 Å². The molecular formula is C19H27N3O2. The molecule has 2 atom stereocenters. The van der Waals surface area contributed by atoms with Gasteiger partial charge in [0.1, 0.15) is 0 Å². The fourth-order valence-electron chi connectivity index (χ4n) is 3.77. The number of likely N-dealkylation sites (tertiary alicyclic amines) is 2. The molecule has 130 valence electrons. The van der Waals surface area contributed by atoms with Gasteiger partial charge in [0.15, 0.2) is 0 Å². The maximum absolute atomic E-state index is 12.8. The van der Waals surface area contributed by atoms with Crippen molar-refractivity contribution in [2.45, 2.75) is 57.7 Å². The van der Waals surface area contributed by atoms with Gasteiger partial charge in [-0.15, -0.1) is 0 Å². The number of nitrogens with two attached hydrogens (primary N) is 1. The second kappa shape index (κ2) is 7.34. The Kier molecular flexibility index (Phi) is 5.19. The van der Waals surface area contributed by atoms with Crippen molar-refractivity contribution in [2.75, 3.05) is 13.1 Å². The Bertz CT molecular complexity index is 597. The third kappa shape index (κ3) is 3.61. The lowest BCUT2D eigenvalue weighted by molar-refractivity contribution is -0.128. The SMILES string of the molecule is C[C@@H](N)[C@@H]1CCCCN1C(=O)c1ccc(CN2CCCC2=O)cc1. The van der Waals surface area contributed by atoms with E-state index in [1.807, 2.05) is 41.0 Å². The number of hydrogen-bond donors (Lipinski definition) is 1. The Hall–Kier alpha value is -1.88. The maximum atomic E-state index is 12.8. The first-order valence-electron chi connectivity index (χ1n) is 8.99. The van der Waals surface area contributed by atoms with Crippen LogP contribution in [-0.4, -0.2) is 46.8 Å². The third-order valence-corrected chi connectivity index (χ3v) is 5.16. The zero-order valence-electron chi connectivity index (χ0n) is 14.4. The topological polar surface area (TPSA) is 66.6 Å². The molecule has 2 aliphatic heterocycles. The molecule has 0 spiro atoms. The molecular weight excluding hydrogens is 302 g/mol. The summed E-state index contributed by atoms with van der Waals surface area (Å²) in [6.07, 6.45) is 4.77. The number of carbonyl (C=O) groups excluding carboxylic acids is 2. The van der Waals surface area contributed by atoms with E-state index in [-0.39, 0.29) is 23.9 Å². The van der Waals surface area contributed by atoms with Crippen LogP contribution in [-0.2, 0) is 11.3 Å². The summed E-state index contributed by atoms with van der Waals surface area (Å²) < 4.78 is 0. The molecule has 5 nitrogen and oxygen atoms in total. The zero-order valence-corrected chi connectivity index (χ0v) is 14.4. The minimum atomic E-state index is -0.00491. The summed E-state index contributed by atoms with van der Waals surface area (Å²) in [6.45, 7) is 4.24. The molecule has 0 radical (unpaired) electrons. The van der Waals surface area contributed by atoms with Crippen molar-refractivity contribution in [3.05, 3.63) is 35.4 Å². The highest BCUT2D eigenvalue weighted by Crippen LogP contribution is 2.22. The van der Waals surface area contributed by atoms with Crippen molar-refractivity contribution in [1.82, 2.24) is 9.80 Å². The molecule has 2 amide bonds. The molecule has 0 aromatic heterocycles. The Morgan fingerprint density at radius 2 is 1.96 bits per heavy atom. The summed E-state index contributed by atoms with van der Waals surface area (Å²) >= 11 is 0. The summed E-state index contributed by atoms with van der Waals surface area (Å²) in [6, 6.07) is 7.81. The number of amides is 2. The van der Waals surface area contributed by atoms with E-state index in [2.05, 4.69) is 0 Å². The molecule has 2 aliphatic rings. The highest BCUT2D eigenvalue weighted by Gasteiger charge is 2.29. The van der Waals surface area contributed by atoms with E-state index in [4.69, 9.17) is 5.73 Å². The van der Waals surface area contributed by atoms with E-state index in [9.17, 15) is 9.59 Å². The fourth-order valence-corrected chi connectivity index (χ4v) is 3.77. The van der Waals surface area contributed by atoms with Crippen LogP contribution in [0.4, 0.5) is 0 Å². The van der Waals surface area contributed by atoms with Crippen LogP contribution in [0.15, 0.2) is 24.3 Å². The molecule has 0 saturated carbocycles. The van der Waals surface area contributed by atoms with Gasteiger partial charge in [-0.2, -0.15) is 0 Å². The standard InChI is InChI=1S/C19H27N3O2/c1-14(20)17-5-2-3-12-22(17)19(24)16-9-7-15(8-10-16)13-21-11-4-6-18(21)23/h7-10,14,17H,2-6,11-13,20H2,1H3/t14-,17+/m1/s1. The predicted molar refractivity (Wildman–Crippen MR) is 93.4 cm³/mol. The van der Waals surface area contributed by atoms with Crippen LogP contribution >= 0.6 is 0 Å². The van der Waals surface area contributed by atoms with E-state index in [1.54, 1.807) is 0 Å². The van der Waals surface area contributed by atoms with Crippen LogP contribution in [0.25, 0.3) is 0 Å². The van der Waals surface area contributed by atoms with Gasteiger partial charge in [-0.3, -0.25) is 9.59 Å². The average Bonchev–Trinajstić information content (AvgIpc) is 3.00. The summed E-state index contributed by atoms with van der Waals surface area (Å²) in [7, 11) is 0. The molecule has 3 rings (SSSR count). The van der Waals surface area contributed by atoms with Gasteiger partial charge in [-0.25, -0.2) is 0 Å². The number of piperidine rings is 1. The van der Waals surface area contributed by atoms with Crippen LogP contribution < -0.4 is 5.73 Å². The Balaban J connectivity index is 1.68. The minimum absolute atomic E-state index is 0.00491. The Labute approximate surface area is 143 Å². The third-order valence-electron chi connectivity index (χ3n) is 5.16. The van der Waals surface area contributed by atoms with E-state index in [0.717, 1.165) is 44.3 Å².